The van der Waals surface area contributed by atoms with Gasteiger partial charge >= 0.3 is 17.9 Å². The minimum atomic E-state index is -1.75. The normalized spacial score (nSPS) is 15.9. The number of unbranched alkanes of at least 4 members (excludes halogenated alkanes) is 1. The van der Waals surface area contributed by atoms with E-state index in [-0.39, 0.29) is 25.3 Å². The number of hydrogen-bond donors (Lipinski definition) is 14. The zero-order valence-electron chi connectivity index (χ0n) is 31.0. The SMILES string of the molecule is CC[C@H](C)[C@H](N)C(=O)N[C@@H](CCC(=O)O)C(=O)N[C@@H](CCC(=O)O)C(=O)N[C@@H](CS)C(=O)N[C@@H](CCCCN)C(=O)N[C@H](C(=O)N[C@@H](CO)C(=O)O)[C@@H](C)O. The third-order valence-electron chi connectivity index (χ3n) is 8.37. The first kappa shape index (κ1) is 50.4. The van der Waals surface area contributed by atoms with Gasteiger partial charge < -0.3 is 68.9 Å². The van der Waals surface area contributed by atoms with Crippen molar-refractivity contribution in [1.29, 1.82) is 0 Å². The maximum atomic E-state index is 13.4. The minimum Gasteiger partial charge on any atom is -0.481 e. The van der Waals surface area contributed by atoms with E-state index in [0.29, 0.717) is 12.8 Å². The fourth-order valence-corrected chi connectivity index (χ4v) is 4.99. The summed E-state index contributed by atoms with van der Waals surface area (Å²) < 4.78 is 0. The molecule has 55 heavy (non-hydrogen) atoms. The van der Waals surface area contributed by atoms with E-state index in [9.17, 15) is 63.6 Å². The number of nitrogens with two attached hydrogens (primary N) is 2. The number of nitrogens with one attached hydrogen (secondary N) is 6. The van der Waals surface area contributed by atoms with E-state index < -0.39 is 140 Å². The average Bonchev–Trinajstić information content (AvgIpc) is 3.12. The van der Waals surface area contributed by atoms with Crippen LogP contribution in [0.4, 0.5) is 0 Å². The number of amides is 6. The van der Waals surface area contributed by atoms with Crippen LogP contribution in [0, 0.1) is 5.92 Å². The Morgan fingerprint density at radius 2 is 1.04 bits per heavy atom. The summed E-state index contributed by atoms with van der Waals surface area (Å²) >= 11 is 4.10. The molecule has 9 atom stereocenters. The molecule has 0 bridgehead atoms. The highest BCUT2D eigenvalue weighted by Gasteiger charge is 2.35. The molecule has 0 aromatic carbocycles. The van der Waals surface area contributed by atoms with Gasteiger partial charge in [-0.05, 0) is 51.5 Å². The fraction of sp³-hybridized carbons (Fsp3) is 0.719. The Balaban J connectivity index is 6.20. The molecule has 0 heterocycles. The average molecular weight is 809 g/mol. The first-order valence-electron chi connectivity index (χ1n) is 17.6. The van der Waals surface area contributed by atoms with E-state index in [1.807, 2.05) is 5.32 Å². The largest absolute Gasteiger partial charge is 0.481 e. The van der Waals surface area contributed by atoms with Gasteiger partial charge in [0.05, 0.1) is 18.8 Å². The predicted molar refractivity (Wildman–Crippen MR) is 196 cm³/mol. The number of aliphatic hydroxyl groups is 2. The summed E-state index contributed by atoms with van der Waals surface area (Å²) in [7, 11) is 0. The van der Waals surface area contributed by atoms with E-state index in [4.69, 9.17) is 16.6 Å². The van der Waals surface area contributed by atoms with Crippen molar-refractivity contribution in [2.24, 2.45) is 17.4 Å². The smallest absolute Gasteiger partial charge is 0.328 e. The molecule has 0 aromatic heterocycles. The number of rotatable bonds is 28. The molecule has 0 spiro atoms. The number of aliphatic hydroxyl groups excluding tert-OH is 2. The van der Waals surface area contributed by atoms with Gasteiger partial charge in [-0.25, -0.2) is 4.79 Å². The molecular formula is C32H56N8O14S. The van der Waals surface area contributed by atoms with Gasteiger partial charge in [0.2, 0.25) is 35.4 Å². The summed E-state index contributed by atoms with van der Waals surface area (Å²) in [5, 5.41) is 60.6. The number of aliphatic carboxylic acids is 3. The molecule has 0 saturated heterocycles. The molecule has 22 nitrogen and oxygen atoms in total. The van der Waals surface area contributed by atoms with Crippen LogP contribution in [-0.2, 0) is 43.2 Å². The highest BCUT2D eigenvalue weighted by atomic mass is 32.1. The Hall–Kier alpha value is -4.58. The maximum absolute atomic E-state index is 13.4. The molecule has 314 valence electrons. The molecule has 0 radical (unpaired) electrons. The van der Waals surface area contributed by atoms with E-state index in [0.717, 1.165) is 6.92 Å². The summed E-state index contributed by atoms with van der Waals surface area (Å²) in [5.41, 5.74) is 11.5. The zero-order chi connectivity index (χ0) is 42.4. The van der Waals surface area contributed by atoms with Crippen molar-refractivity contribution < 1.29 is 68.7 Å². The van der Waals surface area contributed by atoms with Crippen LogP contribution < -0.4 is 43.4 Å². The monoisotopic (exact) mass is 808 g/mol. The van der Waals surface area contributed by atoms with E-state index >= 15 is 0 Å². The van der Waals surface area contributed by atoms with E-state index in [1.165, 1.54) is 0 Å². The van der Waals surface area contributed by atoms with Crippen LogP contribution in [0.2, 0.25) is 0 Å². The maximum Gasteiger partial charge on any atom is 0.328 e. The van der Waals surface area contributed by atoms with E-state index in [2.05, 4.69) is 39.2 Å². The fourth-order valence-electron chi connectivity index (χ4n) is 4.73. The Morgan fingerprint density at radius 1 is 0.618 bits per heavy atom. The molecule has 23 heteroatoms. The number of hydrogen-bond acceptors (Lipinski definition) is 14. The summed E-state index contributed by atoms with van der Waals surface area (Å²) in [6.07, 6.45) is -2.60. The third-order valence-corrected chi connectivity index (χ3v) is 8.74. The van der Waals surface area contributed by atoms with E-state index in [1.54, 1.807) is 13.8 Å². The Bertz CT molecular complexity index is 1340. The number of carboxylic acid groups (broad SMARTS) is 3. The molecular weight excluding hydrogens is 752 g/mol. The van der Waals surface area contributed by atoms with Crippen LogP contribution in [0.15, 0.2) is 0 Å². The van der Waals surface area contributed by atoms with Gasteiger partial charge in [-0.2, -0.15) is 12.6 Å². The quantitative estimate of drug-likeness (QED) is 0.0262. The van der Waals surface area contributed by atoms with Crippen LogP contribution >= 0.6 is 12.6 Å². The lowest BCUT2D eigenvalue weighted by molar-refractivity contribution is -0.144. The van der Waals surface area contributed by atoms with Crippen molar-refractivity contribution >= 4 is 66.0 Å². The molecule has 15 N–H and O–H groups in total. The molecule has 0 saturated carbocycles. The summed E-state index contributed by atoms with van der Waals surface area (Å²) in [6, 6.07) is -10.6. The second-order valence-electron chi connectivity index (χ2n) is 12.8. The number of carbonyl (C=O) groups is 9. The molecule has 0 fully saturated rings. The lowest BCUT2D eigenvalue weighted by Gasteiger charge is -2.28. The van der Waals surface area contributed by atoms with Gasteiger partial charge in [0.15, 0.2) is 0 Å². The standard InChI is InChI=1S/C32H56N8O14S/c1-4-15(2)24(34)30(51)37-19(9-11-23(45)46)26(47)36-18(8-10-22(43)44)27(48)39-21(14-55)29(50)35-17(7-5-6-12-33)28(49)40-25(16(3)42)31(52)38-20(13-41)32(53)54/h15-21,24-25,41-42,55H,4-14,33-34H2,1-3H3,(H,35,50)(H,36,47)(H,37,51)(H,38,52)(H,39,48)(H,40,49)(H,43,44)(H,45,46)(H,53,54)/t15-,16+,17-,18-,19-,20-,21-,24-,25-/m0/s1. The molecule has 0 unspecified atom stereocenters. The van der Waals surface area contributed by atoms with Gasteiger partial charge in [0.25, 0.3) is 0 Å². The number of carboxylic acids is 3. The van der Waals surface area contributed by atoms with Gasteiger partial charge in [0, 0.05) is 18.6 Å². The summed E-state index contributed by atoms with van der Waals surface area (Å²) in [5.74, 6) is -11.0. The number of carbonyl (C=O) groups excluding carboxylic acids is 6. The topological polar surface area (TPSA) is 379 Å². The molecule has 0 aliphatic heterocycles. The predicted octanol–water partition coefficient (Wildman–Crippen LogP) is -4.49. The zero-order valence-corrected chi connectivity index (χ0v) is 31.9. The first-order valence-corrected chi connectivity index (χ1v) is 18.2. The lowest BCUT2D eigenvalue weighted by atomic mass is 9.98. The van der Waals surface area contributed by atoms with Crippen molar-refractivity contribution in [1.82, 2.24) is 31.9 Å². The molecule has 0 aromatic rings. The van der Waals surface area contributed by atoms with Crippen LogP contribution in [0.5, 0.6) is 0 Å². The highest BCUT2D eigenvalue weighted by Crippen LogP contribution is 2.09. The molecule has 0 aliphatic carbocycles. The van der Waals surface area contributed by atoms with Gasteiger partial charge in [-0.15, -0.1) is 0 Å². The second-order valence-corrected chi connectivity index (χ2v) is 13.2. The van der Waals surface area contributed by atoms with Gasteiger partial charge in [0.1, 0.15) is 36.3 Å². The Morgan fingerprint density at radius 3 is 1.44 bits per heavy atom. The summed E-state index contributed by atoms with van der Waals surface area (Å²) in [6.45, 7) is 3.81. The second kappa shape index (κ2) is 26.3. The van der Waals surface area contributed by atoms with Crippen LogP contribution in [-0.4, -0.2) is 146 Å². The van der Waals surface area contributed by atoms with Gasteiger partial charge in [-0.3, -0.25) is 38.4 Å². The highest BCUT2D eigenvalue weighted by molar-refractivity contribution is 7.80. The minimum absolute atomic E-state index is 0.0635. The van der Waals surface area contributed by atoms with Crippen molar-refractivity contribution in [3.8, 4) is 0 Å². The van der Waals surface area contributed by atoms with Crippen molar-refractivity contribution in [2.45, 2.75) is 121 Å². The Labute approximate surface area is 323 Å². The van der Waals surface area contributed by atoms with Crippen LogP contribution in [0.1, 0.15) is 72.1 Å². The Kier molecular flexibility index (Phi) is 24.1. The van der Waals surface area contributed by atoms with Crippen molar-refractivity contribution in [2.75, 3.05) is 18.9 Å². The lowest BCUT2D eigenvalue weighted by Crippen LogP contribution is -2.61. The van der Waals surface area contributed by atoms with Gasteiger partial charge in [-0.1, -0.05) is 20.3 Å². The van der Waals surface area contributed by atoms with Crippen molar-refractivity contribution in [3.05, 3.63) is 0 Å². The molecule has 6 amide bonds. The van der Waals surface area contributed by atoms with Crippen LogP contribution in [0.3, 0.4) is 0 Å². The first-order chi connectivity index (χ1) is 25.7. The molecule has 0 aliphatic rings. The molecule has 0 rings (SSSR count). The number of thiol groups is 1. The summed E-state index contributed by atoms with van der Waals surface area (Å²) in [4.78, 5) is 113. The van der Waals surface area contributed by atoms with Crippen LogP contribution in [0.25, 0.3) is 0 Å². The third kappa shape index (κ3) is 19.0. The van der Waals surface area contributed by atoms with Crippen molar-refractivity contribution in [3.63, 3.8) is 0 Å².